The Morgan fingerprint density at radius 3 is 2.62 bits per heavy atom. The van der Waals surface area contributed by atoms with E-state index >= 15 is 0 Å². The monoisotopic (exact) mass is 328 g/mol. The third-order valence-corrected chi connectivity index (χ3v) is 3.29. The maximum Gasteiger partial charge on any atom is 0.338 e. The highest BCUT2D eigenvalue weighted by molar-refractivity contribution is 5.96. The quantitative estimate of drug-likeness (QED) is 0.517. The van der Waals surface area contributed by atoms with E-state index in [1.807, 2.05) is 13.0 Å². The number of non-ortho nitro benzene ring substituents is 1. The highest BCUT2D eigenvalue weighted by Gasteiger charge is 2.14. The predicted molar refractivity (Wildman–Crippen MR) is 87.9 cm³/mol. The molecule has 0 saturated carbocycles. The predicted octanol–water partition coefficient (Wildman–Crippen LogP) is 3.01. The Kier molecular flexibility index (Phi) is 5.26. The van der Waals surface area contributed by atoms with E-state index in [0.29, 0.717) is 5.56 Å². The van der Waals surface area contributed by atoms with E-state index in [2.05, 4.69) is 5.32 Å². The molecule has 0 bridgehead atoms. The van der Waals surface area contributed by atoms with E-state index in [9.17, 15) is 19.7 Å². The number of esters is 1. The van der Waals surface area contributed by atoms with Gasteiger partial charge in [0.25, 0.3) is 11.6 Å². The minimum atomic E-state index is -0.592. The minimum Gasteiger partial charge on any atom is -0.452 e. The van der Waals surface area contributed by atoms with Gasteiger partial charge in [-0.15, -0.1) is 0 Å². The third kappa shape index (κ3) is 4.39. The molecule has 0 spiro atoms. The number of nitrogens with one attached hydrogen (secondary N) is 1. The number of anilines is 1. The van der Waals surface area contributed by atoms with Crippen LogP contribution in [-0.2, 0) is 9.53 Å². The molecule has 0 atom stereocenters. The number of rotatable bonds is 5. The Labute approximate surface area is 138 Å². The van der Waals surface area contributed by atoms with Gasteiger partial charge in [-0.25, -0.2) is 4.79 Å². The van der Waals surface area contributed by atoms with Gasteiger partial charge in [-0.3, -0.25) is 14.9 Å². The molecule has 1 amide bonds. The van der Waals surface area contributed by atoms with Crippen molar-refractivity contribution < 1.29 is 19.2 Å². The second kappa shape index (κ2) is 7.36. The lowest BCUT2D eigenvalue weighted by atomic mass is 10.1. The average Bonchev–Trinajstić information content (AvgIpc) is 2.55. The first-order valence-corrected chi connectivity index (χ1v) is 7.15. The molecule has 0 aliphatic heterocycles. The van der Waals surface area contributed by atoms with Crippen LogP contribution in [0.25, 0.3) is 0 Å². The van der Waals surface area contributed by atoms with Crippen molar-refractivity contribution >= 4 is 23.3 Å². The molecular weight excluding hydrogens is 312 g/mol. The number of aryl methyl sites for hydroxylation is 2. The molecule has 7 heteroatoms. The third-order valence-electron chi connectivity index (χ3n) is 3.29. The smallest absolute Gasteiger partial charge is 0.338 e. The molecule has 7 nitrogen and oxygen atoms in total. The van der Waals surface area contributed by atoms with Crippen LogP contribution in [0.3, 0.4) is 0 Å². The molecule has 0 aliphatic carbocycles. The molecule has 0 aromatic heterocycles. The summed E-state index contributed by atoms with van der Waals surface area (Å²) in [4.78, 5) is 34.0. The number of nitrogens with zero attached hydrogens (tertiary/aromatic N) is 1. The van der Waals surface area contributed by atoms with Gasteiger partial charge in [0, 0.05) is 17.8 Å². The minimum absolute atomic E-state index is 0.139. The molecule has 2 aromatic rings. The van der Waals surface area contributed by atoms with Crippen molar-refractivity contribution in [2.45, 2.75) is 13.8 Å². The van der Waals surface area contributed by atoms with Crippen LogP contribution in [0.15, 0.2) is 42.5 Å². The Bertz CT molecular complexity index is 801. The van der Waals surface area contributed by atoms with Crippen molar-refractivity contribution in [1.29, 1.82) is 0 Å². The number of carbonyl (C=O) groups excluding carboxylic acids is 2. The Morgan fingerprint density at radius 1 is 1.17 bits per heavy atom. The van der Waals surface area contributed by atoms with E-state index in [0.717, 1.165) is 11.1 Å². The second-order valence-corrected chi connectivity index (χ2v) is 5.25. The molecular formula is C17H16N2O5. The summed E-state index contributed by atoms with van der Waals surface area (Å²) in [5.74, 6) is -1.17. The maximum absolute atomic E-state index is 12.0. The zero-order valence-corrected chi connectivity index (χ0v) is 13.2. The summed E-state index contributed by atoms with van der Waals surface area (Å²) < 4.78 is 4.99. The van der Waals surface area contributed by atoms with Gasteiger partial charge in [0.05, 0.1) is 10.5 Å². The summed E-state index contributed by atoms with van der Waals surface area (Å²) >= 11 is 0. The first kappa shape index (κ1) is 17.1. The zero-order chi connectivity index (χ0) is 17.7. The molecule has 2 rings (SSSR count). The normalized spacial score (nSPS) is 10.1. The molecule has 0 heterocycles. The average molecular weight is 328 g/mol. The van der Waals surface area contributed by atoms with Crippen molar-refractivity contribution in [2.75, 3.05) is 11.9 Å². The van der Waals surface area contributed by atoms with Gasteiger partial charge in [0.15, 0.2) is 6.61 Å². The van der Waals surface area contributed by atoms with E-state index in [4.69, 9.17) is 4.74 Å². The number of nitro groups is 1. The Morgan fingerprint density at radius 2 is 1.92 bits per heavy atom. The van der Waals surface area contributed by atoms with Crippen LogP contribution in [0, 0.1) is 24.0 Å². The fraction of sp³-hybridized carbons (Fsp3) is 0.176. The van der Waals surface area contributed by atoms with Crippen molar-refractivity contribution in [1.82, 2.24) is 0 Å². The van der Waals surface area contributed by atoms with Crippen molar-refractivity contribution in [3.05, 3.63) is 69.3 Å². The van der Waals surface area contributed by atoms with Crippen LogP contribution in [0.1, 0.15) is 21.5 Å². The first-order valence-electron chi connectivity index (χ1n) is 7.15. The summed E-state index contributed by atoms with van der Waals surface area (Å²) in [6, 6.07) is 10.9. The van der Waals surface area contributed by atoms with Crippen LogP contribution >= 0.6 is 0 Å². The molecule has 124 valence electrons. The summed E-state index contributed by atoms with van der Waals surface area (Å²) in [7, 11) is 0. The SMILES string of the molecule is Cc1ccc(C)c(C(=O)OCC(=O)Nc2cccc([N+](=O)[O-])c2)c1. The molecule has 1 N–H and O–H groups in total. The van der Waals surface area contributed by atoms with Crippen molar-refractivity contribution in [3.63, 3.8) is 0 Å². The first-order chi connectivity index (χ1) is 11.4. The van der Waals surface area contributed by atoms with Gasteiger partial charge in [0.1, 0.15) is 0 Å². The fourth-order valence-corrected chi connectivity index (χ4v) is 2.06. The highest BCUT2D eigenvalue weighted by Crippen LogP contribution is 2.17. The van der Waals surface area contributed by atoms with Crippen LogP contribution in [0.4, 0.5) is 11.4 Å². The van der Waals surface area contributed by atoms with Gasteiger partial charge in [-0.2, -0.15) is 0 Å². The van der Waals surface area contributed by atoms with Crippen LogP contribution in [0.2, 0.25) is 0 Å². The molecule has 0 saturated heterocycles. The number of benzene rings is 2. The number of hydrogen-bond acceptors (Lipinski definition) is 5. The summed E-state index contributed by atoms with van der Waals surface area (Å²) in [5.41, 5.74) is 2.19. The second-order valence-electron chi connectivity index (χ2n) is 5.25. The van der Waals surface area contributed by atoms with E-state index in [1.165, 1.54) is 24.3 Å². The molecule has 0 fully saturated rings. The number of amides is 1. The summed E-state index contributed by atoms with van der Waals surface area (Å²) in [5, 5.41) is 13.1. The van der Waals surface area contributed by atoms with Crippen LogP contribution in [-0.4, -0.2) is 23.4 Å². The van der Waals surface area contributed by atoms with Gasteiger partial charge < -0.3 is 10.1 Å². The Balaban J connectivity index is 1.96. The van der Waals surface area contributed by atoms with E-state index < -0.39 is 23.4 Å². The van der Waals surface area contributed by atoms with E-state index in [-0.39, 0.29) is 11.4 Å². The van der Waals surface area contributed by atoms with Crippen molar-refractivity contribution in [2.24, 2.45) is 0 Å². The summed E-state index contributed by atoms with van der Waals surface area (Å²) in [6.45, 7) is 3.15. The molecule has 0 unspecified atom stereocenters. The lowest BCUT2D eigenvalue weighted by molar-refractivity contribution is -0.384. The number of hydrogen-bond donors (Lipinski definition) is 1. The fourth-order valence-electron chi connectivity index (χ4n) is 2.06. The lowest BCUT2D eigenvalue weighted by Crippen LogP contribution is -2.21. The molecule has 0 radical (unpaired) electrons. The van der Waals surface area contributed by atoms with Crippen molar-refractivity contribution in [3.8, 4) is 0 Å². The van der Waals surface area contributed by atoms with Gasteiger partial charge >= 0.3 is 5.97 Å². The Hall–Kier alpha value is -3.22. The molecule has 2 aromatic carbocycles. The molecule has 24 heavy (non-hydrogen) atoms. The summed E-state index contributed by atoms with van der Waals surface area (Å²) in [6.07, 6.45) is 0. The lowest BCUT2D eigenvalue weighted by Gasteiger charge is -2.08. The highest BCUT2D eigenvalue weighted by atomic mass is 16.6. The zero-order valence-electron chi connectivity index (χ0n) is 13.2. The largest absolute Gasteiger partial charge is 0.452 e. The maximum atomic E-state index is 12.0. The number of ether oxygens (including phenoxy) is 1. The van der Waals surface area contributed by atoms with Crippen LogP contribution in [0.5, 0.6) is 0 Å². The van der Waals surface area contributed by atoms with Gasteiger partial charge in [-0.05, 0) is 31.5 Å². The number of nitro benzene ring substituents is 1. The van der Waals surface area contributed by atoms with Gasteiger partial charge in [-0.1, -0.05) is 23.8 Å². The standard InChI is InChI=1S/C17H16N2O5/c1-11-6-7-12(2)15(8-11)17(21)24-10-16(20)18-13-4-3-5-14(9-13)19(22)23/h3-9H,10H2,1-2H3,(H,18,20). The molecule has 0 aliphatic rings. The topological polar surface area (TPSA) is 98.5 Å². The van der Waals surface area contributed by atoms with E-state index in [1.54, 1.807) is 19.1 Å². The van der Waals surface area contributed by atoms with Crippen LogP contribution < -0.4 is 5.32 Å². The number of carbonyl (C=O) groups is 2. The van der Waals surface area contributed by atoms with Gasteiger partial charge in [0.2, 0.25) is 0 Å².